The van der Waals surface area contributed by atoms with Crippen molar-refractivity contribution in [2.24, 2.45) is 0 Å². The maximum absolute atomic E-state index is 13.5. The maximum atomic E-state index is 13.5. The lowest BCUT2D eigenvalue weighted by atomic mass is 10.2. The summed E-state index contributed by atoms with van der Waals surface area (Å²) in [7, 11) is 4.64. The molecule has 0 fully saturated rings. The number of urea groups is 1. The van der Waals surface area contributed by atoms with Gasteiger partial charge in [-0.25, -0.2) is 4.79 Å². The molecule has 1 aromatic heterocycles. The Balaban J connectivity index is 1.78. The Kier molecular flexibility index (Phi) is 10.1. The first kappa shape index (κ1) is 27.0. The van der Waals surface area contributed by atoms with Gasteiger partial charge >= 0.3 is 6.03 Å². The summed E-state index contributed by atoms with van der Waals surface area (Å²) in [6, 6.07) is 16.6. The van der Waals surface area contributed by atoms with Crippen molar-refractivity contribution >= 4 is 29.0 Å². The van der Waals surface area contributed by atoms with Crippen LogP contribution in [0.3, 0.4) is 0 Å². The highest BCUT2D eigenvalue weighted by atomic mass is 32.1. The summed E-state index contributed by atoms with van der Waals surface area (Å²) in [5, 5.41) is 4.88. The van der Waals surface area contributed by atoms with Gasteiger partial charge < -0.3 is 29.3 Å². The number of anilines is 1. The fourth-order valence-corrected chi connectivity index (χ4v) is 4.51. The molecule has 1 heterocycles. The Hall–Kier alpha value is -3.56. The van der Waals surface area contributed by atoms with Crippen LogP contribution >= 0.6 is 11.3 Å². The first-order valence-corrected chi connectivity index (χ1v) is 12.4. The molecule has 192 valence electrons. The third-order valence-electron chi connectivity index (χ3n) is 5.70. The second-order valence-corrected chi connectivity index (χ2v) is 9.17. The number of methoxy groups -OCH3 is 3. The number of hydrogen-bond acceptors (Lipinski definition) is 6. The number of thiophene rings is 1. The number of carbonyl (C=O) groups excluding carboxylic acids is 2. The highest BCUT2D eigenvalue weighted by Gasteiger charge is 2.23. The lowest BCUT2D eigenvalue weighted by Gasteiger charge is -2.28. The molecular weight excluding hydrogens is 478 g/mol. The number of carbonyl (C=O) groups is 2. The zero-order valence-electron chi connectivity index (χ0n) is 21.2. The molecule has 3 rings (SSSR count). The van der Waals surface area contributed by atoms with E-state index in [4.69, 9.17) is 14.2 Å². The van der Waals surface area contributed by atoms with Crippen LogP contribution < -0.4 is 14.8 Å². The molecule has 0 saturated heterocycles. The molecule has 1 N–H and O–H groups in total. The molecule has 8 nitrogen and oxygen atoms in total. The highest BCUT2D eigenvalue weighted by Crippen LogP contribution is 2.29. The maximum Gasteiger partial charge on any atom is 0.322 e. The topological polar surface area (TPSA) is 80.3 Å². The summed E-state index contributed by atoms with van der Waals surface area (Å²) >= 11 is 1.62. The molecule has 0 aliphatic heterocycles. The molecular formula is C27H33N3O5S. The molecule has 9 heteroatoms. The van der Waals surface area contributed by atoms with Crippen molar-refractivity contribution in [3.63, 3.8) is 0 Å². The van der Waals surface area contributed by atoms with E-state index in [9.17, 15) is 9.59 Å². The number of aryl methyl sites for hydroxylation is 1. The van der Waals surface area contributed by atoms with Gasteiger partial charge in [-0.3, -0.25) is 4.79 Å². The molecule has 36 heavy (non-hydrogen) atoms. The molecule has 0 bridgehead atoms. The van der Waals surface area contributed by atoms with Gasteiger partial charge in [-0.05, 0) is 41.6 Å². The molecule has 2 aromatic carbocycles. The molecule has 0 saturated carbocycles. The van der Waals surface area contributed by atoms with Gasteiger partial charge in [-0.1, -0.05) is 30.3 Å². The quantitative estimate of drug-likeness (QED) is 0.378. The summed E-state index contributed by atoms with van der Waals surface area (Å²) < 4.78 is 15.8. The summed E-state index contributed by atoms with van der Waals surface area (Å²) in [6.07, 6.45) is 0. The van der Waals surface area contributed by atoms with E-state index in [1.54, 1.807) is 48.7 Å². The molecule has 0 atom stereocenters. The average molecular weight is 512 g/mol. The minimum absolute atomic E-state index is 0.0923. The Labute approximate surface area is 216 Å². The summed E-state index contributed by atoms with van der Waals surface area (Å²) in [5.74, 6) is 0.913. The van der Waals surface area contributed by atoms with Gasteiger partial charge in [0.15, 0.2) is 0 Å². The van der Waals surface area contributed by atoms with Crippen molar-refractivity contribution in [2.75, 3.05) is 46.3 Å². The van der Waals surface area contributed by atoms with Crippen molar-refractivity contribution in [3.05, 3.63) is 76.0 Å². The normalized spacial score (nSPS) is 10.6. The van der Waals surface area contributed by atoms with Crippen molar-refractivity contribution in [1.82, 2.24) is 9.80 Å². The third-order valence-corrected chi connectivity index (χ3v) is 6.71. The average Bonchev–Trinajstić information content (AvgIpc) is 3.30. The van der Waals surface area contributed by atoms with Crippen molar-refractivity contribution < 1.29 is 23.8 Å². The van der Waals surface area contributed by atoms with Gasteiger partial charge in [0.2, 0.25) is 5.91 Å². The van der Waals surface area contributed by atoms with Gasteiger partial charge in [-0.15, -0.1) is 11.3 Å². The van der Waals surface area contributed by atoms with Gasteiger partial charge in [0, 0.05) is 31.1 Å². The first-order chi connectivity index (χ1) is 17.4. The van der Waals surface area contributed by atoms with Gasteiger partial charge in [0.05, 0.1) is 33.1 Å². The lowest BCUT2D eigenvalue weighted by Crippen LogP contribution is -2.45. The van der Waals surface area contributed by atoms with Crippen LogP contribution in [0.4, 0.5) is 10.5 Å². The number of hydrogen-bond donors (Lipinski definition) is 1. The standard InChI is InChI=1S/C27H33N3O5S/c1-20-12-15-36-25(20)18-30(17-21-8-6-5-7-9-21)26(31)19-29(13-14-33-2)27(32)28-23-11-10-22(34-3)16-24(23)35-4/h5-12,15-16H,13-14,17-19H2,1-4H3,(H,28,32). The van der Waals surface area contributed by atoms with E-state index in [0.717, 1.165) is 16.0 Å². The summed E-state index contributed by atoms with van der Waals surface area (Å²) in [4.78, 5) is 31.1. The van der Waals surface area contributed by atoms with Crippen molar-refractivity contribution in [1.29, 1.82) is 0 Å². The number of ether oxygens (including phenoxy) is 3. The number of benzene rings is 2. The molecule has 0 radical (unpaired) electrons. The Morgan fingerprint density at radius 1 is 0.944 bits per heavy atom. The molecule has 3 amide bonds. The van der Waals surface area contributed by atoms with E-state index < -0.39 is 6.03 Å². The van der Waals surface area contributed by atoms with E-state index >= 15 is 0 Å². The largest absolute Gasteiger partial charge is 0.497 e. The molecule has 0 unspecified atom stereocenters. The van der Waals surface area contributed by atoms with Crippen LogP contribution in [0.1, 0.15) is 16.0 Å². The van der Waals surface area contributed by atoms with Crippen LogP contribution in [-0.2, 0) is 22.6 Å². The predicted octanol–water partition coefficient (Wildman–Crippen LogP) is 4.78. The van der Waals surface area contributed by atoms with Crippen LogP contribution in [-0.4, -0.2) is 62.8 Å². The molecule has 0 aliphatic rings. The lowest BCUT2D eigenvalue weighted by molar-refractivity contribution is -0.133. The Morgan fingerprint density at radius 3 is 2.36 bits per heavy atom. The number of rotatable bonds is 12. The van der Waals surface area contributed by atoms with E-state index in [1.165, 1.54) is 12.0 Å². The monoisotopic (exact) mass is 511 g/mol. The van der Waals surface area contributed by atoms with E-state index in [0.29, 0.717) is 36.9 Å². The van der Waals surface area contributed by atoms with Crippen LogP contribution in [0.2, 0.25) is 0 Å². The van der Waals surface area contributed by atoms with E-state index in [-0.39, 0.29) is 19.0 Å². The van der Waals surface area contributed by atoms with Crippen molar-refractivity contribution in [2.45, 2.75) is 20.0 Å². The fraction of sp³-hybridized carbons (Fsp3) is 0.333. The predicted molar refractivity (Wildman–Crippen MR) is 142 cm³/mol. The zero-order chi connectivity index (χ0) is 25.9. The van der Waals surface area contributed by atoms with E-state index in [1.807, 2.05) is 48.7 Å². The first-order valence-electron chi connectivity index (χ1n) is 11.6. The van der Waals surface area contributed by atoms with Crippen LogP contribution in [0, 0.1) is 6.92 Å². The second-order valence-electron chi connectivity index (χ2n) is 8.17. The molecule has 0 aliphatic carbocycles. The van der Waals surface area contributed by atoms with E-state index in [2.05, 4.69) is 5.32 Å². The van der Waals surface area contributed by atoms with Crippen molar-refractivity contribution in [3.8, 4) is 11.5 Å². The number of amides is 3. The Bertz CT molecular complexity index is 1140. The van der Waals surface area contributed by atoms with Gasteiger partial charge in [0.25, 0.3) is 0 Å². The number of nitrogens with zero attached hydrogens (tertiary/aromatic N) is 2. The summed E-state index contributed by atoms with van der Waals surface area (Å²) in [5.41, 5.74) is 2.65. The highest BCUT2D eigenvalue weighted by molar-refractivity contribution is 7.10. The molecule has 3 aromatic rings. The summed E-state index contributed by atoms with van der Waals surface area (Å²) in [6.45, 7) is 3.42. The SMILES string of the molecule is COCCN(CC(=O)N(Cc1ccccc1)Cc1sccc1C)C(=O)Nc1ccc(OC)cc1OC. The fourth-order valence-electron chi connectivity index (χ4n) is 3.59. The van der Waals surface area contributed by atoms with Crippen LogP contribution in [0.15, 0.2) is 60.0 Å². The minimum atomic E-state index is -0.421. The second kappa shape index (κ2) is 13.5. The van der Waals surface area contributed by atoms with Gasteiger partial charge in [-0.2, -0.15) is 0 Å². The van der Waals surface area contributed by atoms with Gasteiger partial charge in [0.1, 0.15) is 18.0 Å². The van der Waals surface area contributed by atoms with Crippen LogP contribution in [0.5, 0.6) is 11.5 Å². The number of nitrogens with one attached hydrogen (secondary N) is 1. The Morgan fingerprint density at radius 2 is 1.72 bits per heavy atom. The third kappa shape index (κ3) is 7.47. The zero-order valence-corrected chi connectivity index (χ0v) is 22.0. The molecule has 0 spiro atoms. The van der Waals surface area contributed by atoms with Crippen LogP contribution in [0.25, 0.3) is 0 Å². The minimum Gasteiger partial charge on any atom is -0.497 e. The smallest absolute Gasteiger partial charge is 0.322 e.